The van der Waals surface area contributed by atoms with Crippen molar-refractivity contribution in [1.29, 1.82) is 0 Å². The van der Waals surface area contributed by atoms with Crippen LogP contribution in [0.4, 0.5) is 14.5 Å². The first-order valence-electron chi connectivity index (χ1n) is 12.5. The number of hydrogen-bond donors (Lipinski definition) is 2. The number of anilines is 1. The lowest BCUT2D eigenvalue weighted by Gasteiger charge is -2.28. The molecule has 12 heteroatoms. The number of ether oxygens (including phenoxy) is 1. The van der Waals surface area contributed by atoms with E-state index in [4.69, 9.17) is 9.15 Å². The van der Waals surface area contributed by atoms with Gasteiger partial charge in [-0.1, -0.05) is 12.1 Å². The van der Waals surface area contributed by atoms with Crippen LogP contribution in [-0.4, -0.2) is 37.8 Å². The van der Waals surface area contributed by atoms with Crippen molar-refractivity contribution < 1.29 is 35.9 Å². The molecular formula is C29H27F2N3O6S. The Balaban J connectivity index is 1.41. The molecule has 41 heavy (non-hydrogen) atoms. The molecule has 1 heterocycles. The SMILES string of the molecule is C[C@H](C(=O)NCc1ccco1)N(Cc1ccc(F)cc1)C(=O)COc1ccc(S(=O)(=O)Nc2ccc(F)cc2)cc1. The minimum absolute atomic E-state index is 0.0179. The van der Waals surface area contributed by atoms with Crippen LogP contribution in [0.15, 0.2) is 101 Å². The van der Waals surface area contributed by atoms with Gasteiger partial charge in [0, 0.05) is 12.2 Å². The molecule has 9 nitrogen and oxygen atoms in total. The average molecular weight is 584 g/mol. The molecule has 1 aromatic heterocycles. The Morgan fingerprint density at radius 1 is 0.927 bits per heavy atom. The molecule has 2 amide bonds. The van der Waals surface area contributed by atoms with Crippen LogP contribution in [0.1, 0.15) is 18.2 Å². The van der Waals surface area contributed by atoms with Crippen LogP contribution in [0.2, 0.25) is 0 Å². The smallest absolute Gasteiger partial charge is 0.261 e. The first-order valence-corrected chi connectivity index (χ1v) is 13.9. The highest BCUT2D eigenvalue weighted by Gasteiger charge is 2.27. The Morgan fingerprint density at radius 2 is 1.56 bits per heavy atom. The van der Waals surface area contributed by atoms with Crippen LogP contribution in [0, 0.1) is 11.6 Å². The van der Waals surface area contributed by atoms with Crippen molar-refractivity contribution in [3.8, 4) is 5.75 Å². The molecule has 0 aliphatic carbocycles. The molecular weight excluding hydrogens is 556 g/mol. The van der Waals surface area contributed by atoms with Gasteiger partial charge in [0.1, 0.15) is 29.2 Å². The third kappa shape index (κ3) is 8.15. The number of benzene rings is 3. The lowest BCUT2D eigenvalue weighted by molar-refractivity contribution is -0.142. The normalized spacial score (nSPS) is 11.9. The molecule has 0 spiro atoms. The van der Waals surface area contributed by atoms with Crippen molar-refractivity contribution in [3.05, 3.63) is 114 Å². The quantitative estimate of drug-likeness (QED) is 0.254. The standard InChI is InChI=1S/C29H27F2N3O6S/c1-20(29(36)32-17-26-3-2-16-39-26)34(18-21-4-6-22(30)7-5-21)28(35)19-40-25-12-14-27(15-13-25)41(37,38)33-24-10-8-23(31)9-11-24/h2-16,20,33H,17-19H2,1H3,(H,32,36)/t20-/m1/s1. The van der Waals surface area contributed by atoms with Gasteiger partial charge in [0.05, 0.1) is 17.7 Å². The number of nitrogens with one attached hydrogen (secondary N) is 2. The molecule has 4 aromatic rings. The zero-order valence-electron chi connectivity index (χ0n) is 21.9. The molecule has 2 N–H and O–H groups in total. The first-order chi connectivity index (χ1) is 19.6. The second-order valence-electron chi connectivity index (χ2n) is 8.99. The Hall–Kier alpha value is -4.71. The molecule has 0 aliphatic heterocycles. The van der Waals surface area contributed by atoms with Crippen molar-refractivity contribution in [2.75, 3.05) is 11.3 Å². The van der Waals surface area contributed by atoms with Gasteiger partial charge < -0.3 is 19.4 Å². The Bertz CT molecular complexity index is 1560. The molecule has 0 bridgehead atoms. The maximum atomic E-state index is 13.4. The van der Waals surface area contributed by atoms with E-state index in [-0.39, 0.29) is 29.4 Å². The maximum Gasteiger partial charge on any atom is 0.261 e. The molecule has 0 radical (unpaired) electrons. The second-order valence-corrected chi connectivity index (χ2v) is 10.7. The van der Waals surface area contributed by atoms with Crippen LogP contribution in [-0.2, 0) is 32.7 Å². The van der Waals surface area contributed by atoms with E-state index < -0.39 is 46.1 Å². The summed E-state index contributed by atoms with van der Waals surface area (Å²) in [6.45, 7) is 1.27. The number of carbonyl (C=O) groups is 2. The highest BCUT2D eigenvalue weighted by molar-refractivity contribution is 7.92. The molecule has 0 saturated heterocycles. The highest BCUT2D eigenvalue weighted by Crippen LogP contribution is 2.20. The van der Waals surface area contributed by atoms with E-state index in [1.165, 1.54) is 71.8 Å². The van der Waals surface area contributed by atoms with Crippen LogP contribution < -0.4 is 14.8 Å². The van der Waals surface area contributed by atoms with Gasteiger partial charge in [-0.05, 0) is 85.3 Å². The van der Waals surface area contributed by atoms with E-state index in [1.54, 1.807) is 19.1 Å². The third-order valence-electron chi connectivity index (χ3n) is 6.04. The van der Waals surface area contributed by atoms with Gasteiger partial charge in [-0.15, -0.1) is 0 Å². The summed E-state index contributed by atoms with van der Waals surface area (Å²) in [5.74, 6) is -1.12. The molecule has 3 aromatic carbocycles. The topological polar surface area (TPSA) is 118 Å². The van der Waals surface area contributed by atoms with Crippen LogP contribution in [0.3, 0.4) is 0 Å². The lowest BCUT2D eigenvalue weighted by atomic mass is 10.1. The predicted octanol–water partition coefficient (Wildman–Crippen LogP) is 4.47. The van der Waals surface area contributed by atoms with Crippen molar-refractivity contribution in [2.24, 2.45) is 0 Å². The average Bonchev–Trinajstić information content (AvgIpc) is 3.49. The largest absolute Gasteiger partial charge is 0.484 e. The van der Waals surface area contributed by atoms with E-state index in [9.17, 15) is 26.8 Å². The number of rotatable bonds is 12. The Kier molecular flexibility index (Phi) is 9.35. The summed E-state index contributed by atoms with van der Waals surface area (Å²) in [4.78, 5) is 27.3. The van der Waals surface area contributed by atoms with E-state index in [0.29, 0.717) is 11.3 Å². The van der Waals surface area contributed by atoms with Gasteiger partial charge in [-0.3, -0.25) is 14.3 Å². The number of nitrogens with zero attached hydrogens (tertiary/aromatic N) is 1. The zero-order chi connectivity index (χ0) is 29.4. The fourth-order valence-corrected chi connectivity index (χ4v) is 4.84. The maximum absolute atomic E-state index is 13.4. The summed E-state index contributed by atoms with van der Waals surface area (Å²) in [7, 11) is -3.95. The molecule has 4 rings (SSSR count). The number of amides is 2. The number of carbonyl (C=O) groups excluding carboxylic acids is 2. The van der Waals surface area contributed by atoms with Crippen molar-refractivity contribution >= 4 is 27.5 Å². The van der Waals surface area contributed by atoms with Gasteiger partial charge >= 0.3 is 0 Å². The lowest BCUT2D eigenvalue weighted by Crippen LogP contribution is -2.48. The minimum atomic E-state index is -3.95. The van der Waals surface area contributed by atoms with Crippen molar-refractivity contribution in [2.45, 2.75) is 31.0 Å². The van der Waals surface area contributed by atoms with Crippen LogP contribution in [0.5, 0.6) is 5.75 Å². The van der Waals surface area contributed by atoms with Gasteiger partial charge in [-0.2, -0.15) is 0 Å². The van der Waals surface area contributed by atoms with Crippen molar-refractivity contribution in [1.82, 2.24) is 10.2 Å². The Labute approximate surface area is 235 Å². The minimum Gasteiger partial charge on any atom is -0.484 e. The third-order valence-corrected chi connectivity index (χ3v) is 7.44. The van der Waals surface area contributed by atoms with Crippen LogP contribution >= 0.6 is 0 Å². The molecule has 1 atom stereocenters. The molecule has 0 unspecified atom stereocenters. The molecule has 0 fully saturated rings. The number of halogens is 2. The summed E-state index contributed by atoms with van der Waals surface area (Å²) < 4.78 is 65.0. The summed E-state index contributed by atoms with van der Waals surface area (Å²) in [5, 5.41) is 2.72. The number of furan rings is 1. The summed E-state index contributed by atoms with van der Waals surface area (Å²) in [6, 6.07) is 18.3. The summed E-state index contributed by atoms with van der Waals surface area (Å²) in [6.07, 6.45) is 1.48. The van der Waals surface area contributed by atoms with Gasteiger partial charge in [0.2, 0.25) is 5.91 Å². The zero-order valence-corrected chi connectivity index (χ0v) is 22.7. The van der Waals surface area contributed by atoms with E-state index in [1.807, 2.05) is 0 Å². The Morgan fingerprint density at radius 3 is 2.17 bits per heavy atom. The molecule has 0 saturated carbocycles. The summed E-state index contributed by atoms with van der Waals surface area (Å²) >= 11 is 0. The molecule has 0 aliphatic rings. The number of hydrogen-bond acceptors (Lipinski definition) is 6. The van der Waals surface area contributed by atoms with Crippen LogP contribution in [0.25, 0.3) is 0 Å². The molecule has 214 valence electrons. The number of sulfonamides is 1. The van der Waals surface area contributed by atoms with Gasteiger partial charge in [-0.25, -0.2) is 17.2 Å². The van der Waals surface area contributed by atoms with E-state index in [2.05, 4.69) is 10.0 Å². The van der Waals surface area contributed by atoms with Gasteiger partial charge in [0.15, 0.2) is 6.61 Å². The van der Waals surface area contributed by atoms with Crippen molar-refractivity contribution in [3.63, 3.8) is 0 Å². The highest BCUT2D eigenvalue weighted by atomic mass is 32.2. The fraction of sp³-hybridized carbons (Fsp3) is 0.172. The fourth-order valence-electron chi connectivity index (χ4n) is 3.78. The van der Waals surface area contributed by atoms with E-state index >= 15 is 0 Å². The second kappa shape index (κ2) is 13.1. The summed E-state index contributed by atoms with van der Waals surface area (Å²) in [5.41, 5.74) is 0.800. The predicted molar refractivity (Wildman–Crippen MR) is 146 cm³/mol. The first kappa shape index (κ1) is 29.3. The van der Waals surface area contributed by atoms with E-state index in [0.717, 1.165) is 12.1 Å². The monoisotopic (exact) mass is 583 g/mol. The van der Waals surface area contributed by atoms with Gasteiger partial charge in [0.25, 0.3) is 15.9 Å².